The zero-order valence-corrected chi connectivity index (χ0v) is 29.1. The van der Waals surface area contributed by atoms with Crippen molar-refractivity contribution < 1.29 is 33.5 Å². The number of carbonyl (C=O) groups excluding carboxylic acids is 5. The molecule has 4 amide bonds. The fourth-order valence-corrected chi connectivity index (χ4v) is 5.81. The standard InChI is InChI=1S/C38H46FN7O6/c1-46(35(49)17-14-25-12-15-28(39)16-13-25)34(20-30-21-41-24-43-30)38(52)44-29(22-47)10-4-5-18-42-37(51)33(23-48)45-36(50)32(40)19-27-9-6-8-26-7-2-3-11-31(26)27/h2-3,6-9,11-13,15-16,21-22,24,29,32-34,48H,4-5,10,14,17-20,23,40H2,1H3,(H,41,43)(H,42,51)(H,44,52)(H,45,50)/t29-,32+,33+,34+/m1/s1. The van der Waals surface area contributed by atoms with Crippen LogP contribution in [0.15, 0.2) is 79.3 Å². The van der Waals surface area contributed by atoms with Crippen LogP contribution in [0.1, 0.15) is 42.5 Å². The van der Waals surface area contributed by atoms with E-state index in [0.717, 1.165) is 21.9 Å². The number of aldehydes is 1. The zero-order chi connectivity index (χ0) is 37.5. The van der Waals surface area contributed by atoms with Crippen LogP contribution in [-0.2, 0) is 43.2 Å². The number of nitrogens with one attached hydrogen (secondary N) is 4. The number of aliphatic hydroxyl groups is 1. The van der Waals surface area contributed by atoms with E-state index >= 15 is 0 Å². The van der Waals surface area contributed by atoms with Crippen molar-refractivity contribution >= 4 is 40.7 Å². The second-order valence-corrected chi connectivity index (χ2v) is 12.7. The highest BCUT2D eigenvalue weighted by molar-refractivity contribution is 5.91. The molecule has 1 aromatic heterocycles. The number of imidazole rings is 1. The molecule has 0 saturated heterocycles. The average Bonchev–Trinajstić information content (AvgIpc) is 3.68. The van der Waals surface area contributed by atoms with Gasteiger partial charge in [0.2, 0.25) is 23.6 Å². The number of fused-ring (bicyclic) bond motifs is 1. The van der Waals surface area contributed by atoms with Gasteiger partial charge >= 0.3 is 0 Å². The molecule has 4 atom stereocenters. The van der Waals surface area contributed by atoms with E-state index in [1.54, 1.807) is 18.3 Å². The van der Waals surface area contributed by atoms with Gasteiger partial charge in [0.05, 0.1) is 25.0 Å². The van der Waals surface area contributed by atoms with Gasteiger partial charge in [0.15, 0.2) is 0 Å². The highest BCUT2D eigenvalue weighted by Crippen LogP contribution is 2.19. The van der Waals surface area contributed by atoms with Gasteiger partial charge in [0.25, 0.3) is 0 Å². The Balaban J connectivity index is 1.22. The summed E-state index contributed by atoms with van der Waals surface area (Å²) in [6.07, 6.45) is 5.64. The molecule has 0 unspecified atom stereocenters. The predicted molar refractivity (Wildman–Crippen MR) is 193 cm³/mol. The van der Waals surface area contributed by atoms with E-state index < -0.39 is 48.5 Å². The zero-order valence-electron chi connectivity index (χ0n) is 29.1. The van der Waals surface area contributed by atoms with Crippen LogP contribution >= 0.6 is 0 Å². The molecule has 13 nitrogen and oxygen atoms in total. The smallest absolute Gasteiger partial charge is 0.244 e. The minimum atomic E-state index is -1.20. The van der Waals surface area contributed by atoms with E-state index in [0.29, 0.717) is 31.2 Å². The maximum atomic E-state index is 13.4. The van der Waals surface area contributed by atoms with Crippen molar-refractivity contribution in [1.29, 1.82) is 0 Å². The summed E-state index contributed by atoms with van der Waals surface area (Å²) in [7, 11) is 1.52. The molecule has 3 aromatic carbocycles. The van der Waals surface area contributed by atoms with Gasteiger partial charge in [0, 0.05) is 38.3 Å². The van der Waals surface area contributed by atoms with Crippen molar-refractivity contribution in [3.05, 3.63) is 102 Å². The van der Waals surface area contributed by atoms with Crippen molar-refractivity contribution in [3.63, 3.8) is 0 Å². The molecule has 0 spiro atoms. The molecule has 0 radical (unpaired) electrons. The van der Waals surface area contributed by atoms with Gasteiger partial charge in [-0.1, -0.05) is 54.6 Å². The molecule has 0 saturated carbocycles. The van der Waals surface area contributed by atoms with Crippen LogP contribution in [0.25, 0.3) is 10.8 Å². The Labute approximate surface area is 301 Å². The number of rotatable bonds is 20. The van der Waals surface area contributed by atoms with E-state index in [1.807, 2.05) is 42.5 Å². The number of unbranched alkanes of at least 4 members (excludes halogenated alkanes) is 1. The summed E-state index contributed by atoms with van der Waals surface area (Å²) < 4.78 is 13.3. The van der Waals surface area contributed by atoms with Crippen molar-refractivity contribution in [2.45, 2.75) is 69.1 Å². The van der Waals surface area contributed by atoms with Gasteiger partial charge in [-0.15, -0.1) is 0 Å². The second-order valence-electron chi connectivity index (χ2n) is 12.7. The van der Waals surface area contributed by atoms with Crippen molar-refractivity contribution in [3.8, 4) is 0 Å². The van der Waals surface area contributed by atoms with Crippen LogP contribution < -0.4 is 21.7 Å². The van der Waals surface area contributed by atoms with Crippen LogP contribution in [0.4, 0.5) is 4.39 Å². The number of hydrogen-bond donors (Lipinski definition) is 6. The van der Waals surface area contributed by atoms with Gasteiger partial charge < -0.3 is 41.5 Å². The van der Waals surface area contributed by atoms with Crippen LogP contribution in [0, 0.1) is 5.82 Å². The van der Waals surface area contributed by atoms with E-state index in [2.05, 4.69) is 25.9 Å². The lowest BCUT2D eigenvalue weighted by molar-refractivity contribution is -0.139. The molecule has 0 bridgehead atoms. The van der Waals surface area contributed by atoms with Crippen LogP contribution in [0.2, 0.25) is 0 Å². The Morgan fingerprint density at radius 1 is 0.962 bits per heavy atom. The van der Waals surface area contributed by atoms with E-state index in [1.165, 1.54) is 30.4 Å². The predicted octanol–water partition coefficient (Wildman–Crippen LogP) is 1.72. The molecule has 0 aliphatic rings. The summed E-state index contributed by atoms with van der Waals surface area (Å²) in [5.41, 5.74) is 8.46. The number of benzene rings is 3. The number of aliphatic hydroxyl groups excluding tert-OH is 1. The first kappa shape index (κ1) is 39.3. The first-order valence-corrected chi connectivity index (χ1v) is 17.2. The van der Waals surface area contributed by atoms with Crippen molar-refractivity contribution in [2.24, 2.45) is 5.73 Å². The number of H-pyrrole nitrogens is 1. The number of amides is 4. The molecule has 0 aliphatic heterocycles. The molecule has 4 aromatic rings. The molecule has 0 fully saturated rings. The van der Waals surface area contributed by atoms with Crippen LogP contribution in [0.3, 0.4) is 0 Å². The van der Waals surface area contributed by atoms with Gasteiger partial charge in [-0.3, -0.25) is 19.2 Å². The maximum Gasteiger partial charge on any atom is 0.244 e. The number of aromatic nitrogens is 2. The van der Waals surface area contributed by atoms with Crippen LogP contribution in [-0.4, -0.2) is 94.3 Å². The summed E-state index contributed by atoms with van der Waals surface area (Å²) in [6, 6.07) is 15.4. The minimum absolute atomic E-state index is 0.0937. The Hall–Kier alpha value is -5.47. The third-order valence-electron chi connectivity index (χ3n) is 8.88. The van der Waals surface area contributed by atoms with Gasteiger partial charge in [-0.25, -0.2) is 9.37 Å². The molecule has 14 heteroatoms. The maximum absolute atomic E-state index is 13.4. The summed E-state index contributed by atoms with van der Waals surface area (Å²) in [5, 5.41) is 19.7. The summed E-state index contributed by atoms with van der Waals surface area (Å²) in [4.78, 5) is 72.2. The molecular formula is C38H46FN7O6. The van der Waals surface area contributed by atoms with Crippen LogP contribution in [0.5, 0.6) is 0 Å². The van der Waals surface area contributed by atoms with E-state index in [-0.39, 0.29) is 44.0 Å². The third kappa shape index (κ3) is 11.5. The van der Waals surface area contributed by atoms with Gasteiger partial charge in [-0.05, 0) is 66.1 Å². The molecule has 0 aliphatic carbocycles. The number of aromatic amines is 1. The van der Waals surface area contributed by atoms with E-state index in [4.69, 9.17) is 5.73 Å². The lowest BCUT2D eigenvalue weighted by atomic mass is 9.98. The monoisotopic (exact) mass is 715 g/mol. The number of halogens is 1. The first-order chi connectivity index (χ1) is 25.1. The Morgan fingerprint density at radius 3 is 2.42 bits per heavy atom. The fraction of sp³-hybridized carbons (Fsp3) is 0.368. The Kier molecular flexibility index (Phi) is 15.0. The third-order valence-corrected chi connectivity index (χ3v) is 8.88. The number of nitrogens with zero attached hydrogens (tertiary/aromatic N) is 2. The van der Waals surface area contributed by atoms with E-state index in [9.17, 15) is 33.5 Å². The Morgan fingerprint density at radius 2 is 1.71 bits per heavy atom. The highest BCUT2D eigenvalue weighted by Gasteiger charge is 2.29. The SMILES string of the molecule is CN(C(=O)CCc1ccc(F)cc1)[C@@H](Cc1cnc[nH]1)C(=O)N[C@@H](C=O)CCCCNC(=O)[C@H](CO)NC(=O)[C@@H](N)Cc1cccc2ccccc12. The topological polar surface area (TPSA) is 200 Å². The molecule has 1 heterocycles. The van der Waals surface area contributed by atoms with Gasteiger partial charge in [-0.2, -0.15) is 0 Å². The minimum Gasteiger partial charge on any atom is -0.394 e. The molecule has 7 N–H and O–H groups in total. The second kappa shape index (κ2) is 19.8. The summed E-state index contributed by atoms with van der Waals surface area (Å²) in [5.74, 6) is -2.34. The normalized spacial score (nSPS) is 13.4. The molecule has 52 heavy (non-hydrogen) atoms. The number of nitrogens with two attached hydrogens (primary N) is 1. The number of aryl methyl sites for hydroxylation is 1. The first-order valence-electron chi connectivity index (χ1n) is 17.2. The van der Waals surface area contributed by atoms with Crippen molar-refractivity contribution in [2.75, 3.05) is 20.2 Å². The van der Waals surface area contributed by atoms with Gasteiger partial charge in [0.1, 0.15) is 24.2 Å². The molecule has 4 rings (SSSR count). The molecule has 276 valence electrons. The fourth-order valence-electron chi connectivity index (χ4n) is 5.81. The lowest BCUT2D eigenvalue weighted by Crippen LogP contribution is -2.53. The number of hydrogen-bond acceptors (Lipinski definition) is 8. The number of likely N-dealkylation sites (N-methyl/N-ethyl adjacent to an activating group) is 1. The lowest BCUT2D eigenvalue weighted by Gasteiger charge is -2.28. The Bertz CT molecular complexity index is 1780. The average molecular weight is 716 g/mol. The quantitative estimate of drug-likeness (QED) is 0.0587. The summed E-state index contributed by atoms with van der Waals surface area (Å²) >= 11 is 0. The van der Waals surface area contributed by atoms with Crippen molar-refractivity contribution in [1.82, 2.24) is 30.8 Å². The number of carbonyl (C=O) groups is 5. The summed E-state index contributed by atoms with van der Waals surface area (Å²) in [6.45, 7) is -0.429. The molecular weight excluding hydrogens is 669 g/mol. The highest BCUT2D eigenvalue weighted by atomic mass is 19.1. The largest absolute Gasteiger partial charge is 0.394 e.